The predicted octanol–water partition coefficient (Wildman–Crippen LogP) is 5.06. The number of pyridine rings is 2. The first kappa shape index (κ1) is 23.0. The molecule has 5 rings (SSSR count). The molecule has 0 radical (unpaired) electrons. The van der Waals surface area contributed by atoms with Crippen molar-refractivity contribution in [2.45, 2.75) is 30.7 Å². The quantitative estimate of drug-likeness (QED) is 0.420. The highest BCUT2D eigenvalue weighted by atomic mass is 32.2. The third-order valence-corrected chi connectivity index (χ3v) is 7.23. The molecule has 0 fully saturated rings. The van der Waals surface area contributed by atoms with Crippen molar-refractivity contribution in [3.63, 3.8) is 0 Å². The maximum Gasteiger partial charge on any atom is 0.262 e. The number of hydrogen-bond acceptors (Lipinski definition) is 7. The van der Waals surface area contributed by atoms with Crippen LogP contribution in [0.3, 0.4) is 0 Å². The van der Waals surface area contributed by atoms with Crippen LogP contribution in [0.5, 0.6) is 11.5 Å². The van der Waals surface area contributed by atoms with Gasteiger partial charge in [0.1, 0.15) is 29.0 Å². The van der Waals surface area contributed by atoms with Gasteiger partial charge in [0.2, 0.25) is 0 Å². The highest BCUT2D eigenvalue weighted by Crippen LogP contribution is 2.42. The third kappa shape index (κ3) is 4.90. The second kappa shape index (κ2) is 9.14. The summed E-state index contributed by atoms with van der Waals surface area (Å²) in [6, 6.07) is 11.5. The topological polar surface area (TPSA) is 81.9 Å². The molecule has 0 atom stereocenters. The van der Waals surface area contributed by atoms with Crippen molar-refractivity contribution >= 4 is 17.6 Å². The van der Waals surface area contributed by atoms with Crippen LogP contribution in [0.1, 0.15) is 25.2 Å². The van der Waals surface area contributed by atoms with Gasteiger partial charge in [-0.1, -0.05) is 12.1 Å². The summed E-state index contributed by atoms with van der Waals surface area (Å²) in [6.07, 6.45) is 5.27. The molecule has 0 saturated heterocycles. The molecule has 1 N–H and O–H groups in total. The Kier molecular flexibility index (Phi) is 6.02. The highest BCUT2D eigenvalue weighted by molar-refractivity contribution is 7.99. The molecule has 9 heteroatoms. The first-order valence-corrected chi connectivity index (χ1v) is 12.1. The van der Waals surface area contributed by atoms with Crippen molar-refractivity contribution in [3.05, 3.63) is 88.6 Å². The summed E-state index contributed by atoms with van der Waals surface area (Å²) in [4.78, 5) is 27.3. The zero-order valence-electron chi connectivity index (χ0n) is 19.6. The van der Waals surface area contributed by atoms with Crippen LogP contribution in [0.2, 0.25) is 0 Å². The lowest BCUT2D eigenvalue weighted by molar-refractivity contribution is 0.466. The fraction of sp³-hybridized carbons (Fsp3) is 0.231. The molecule has 4 aromatic rings. The number of benzene rings is 1. The molecule has 0 saturated carbocycles. The Hall–Kier alpha value is -3.72. The number of thioether (sulfide) groups is 1. The largest absolute Gasteiger partial charge is 0.454 e. The zero-order chi connectivity index (χ0) is 24.6. The zero-order valence-corrected chi connectivity index (χ0v) is 20.4. The van der Waals surface area contributed by atoms with E-state index in [1.54, 1.807) is 55.5 Å². The fourth-order valence-electron chi connectivity index (χ4n) is 3.78. The van der Waals surface area contributed by atoms with Crippen LogP contribution >= 0.6 is 11.8 Å². The van der Waals surface area contributed by atoms with Gasteiger partial charge in [-0.15, -0.1) is 11.8 Å². The van der Waals surface area contributed by atoms with Gasteiger partial charge in [-0.2, -0.15) is 0 Å². The molecule has 0 unspecified atom stereocenters. The summed E-state index contributed by atoms with van der Waals surface area (Å²) in [7, 11) is 1.68. The minimum absolute atomic E-state index is 0.0404. The van der Waals surface area contributed by atoms with E-state index >= 15 is 0 Å². The van der Waals surface area contributed by atoms with E-state index in [1.807, 2.05) is 6.07 Å². The molecule has 0 amide bonds. The van der Waals surface area contributed by atoms with Crippen LogP contribution in [-0.4, -0.2) is 30.8 Å². The summed E-state index contributed by atoms with van der Waals surface area (Å²) < 4.78 is 20.8. The lowest BCUT2D eigenvalue weighted by Gasteiger charge is -2.32. The van der Waals surface area contributed by atoms with E-state index < -0.39 is 0 Å². The molecule has 4 heterocycles. The van der Waals surface area contributed by atoms with Gasteiger partial charge in [-0.3, -0.25) is 14.3 Å². The minimum atomic E-state index is -0.298. The number of nitrogens with one attached hydrogen (secondary N) is 1. The number of aromatic nitrogens is 4. The summed E-state index contributed by atoms with van der Waals surface area (Å²) in [5, 5.41) is 3.44. The monoisotopic (exact) mass is 489 g/mol. The van der Waals surface area contributed by atoms with Crippen molar-refractivity contribution < 1.29 is 9.13 Å². The fourth-order valence-corrected chi connectivity index (χ4v) is 4.85. The molecule has 1 aliphatic rings. The number of halogens is 1. The predicted molar refractivity (Wildman–Crippen MR) is 135 cm³/mol. The number of fused-ring (bicyclic) bond motifs is 1. The van der Waals surface area contributed by atoms with Gasteiger partial charge >= 0.3 is 0 Å². The normalized spacial score (nSPS) is 14.2. The first-order valence-electron chi connectivity index (χ1n) is 11.1. The Bertz CT molecular complexity index is 1440. The number of ether oxygens (including phenoxy) is 1. The molecule has 7 nitrogen and oxygen atoms in total. The minimum Gasteiger partial charge on any atom is -0.454 e. The molecule has 0 spiro atoms. The van der Waals surface area contributed by atoms with Crippen LogP contribution in [0.4, 0.5) is 10.2 Å². The van der Waals surface area contributed by atoms with Crippen molar-refractivity contribution in [3.8, 4) is 22.8 Å². The van der Waals surface area contributed by atoms with Gasteiger partial charge in [0, 0.05) is 43.2 Å². The summed E-state index contributed by atoms with van der Waals surface area (Å²) in [5.74, 6) is 3.26. The first-order chi connectivity index (χ1) is 16.8. The number of hydrogen-bond donors (Lipinski definition) is 1. The van der Waals surface area contributed by atoms with E-state index in [0.717, 1.165) is 22.0 Å². The van der Waals surface area contributed by atoms with Gasteiger partial charge in [-0.25, -0.2) is 14.4 Å². The summed E-state index contributed by atoms with van der Waals surface area (Å²) in [6.45, 7) is 4.27. The SMILES string of the molecule is Cn1c(Cc2ccc(F)cc2)ncc(-c2ccc(Oc3ccnc4c3SCC(C)(C)N4)cn2)c1=O. The maximum absolute atomic E-state index is 13.2. The Morgan fingerprint density at radius 1 is 1.09 bits per heavy atom. The standard InChI is InChI=1S/C26H24FN5O2S/c1-26(2)15-35-23-21(10-11-28-24(23)31-26)34-18-8-9-20(29-13-18)19-14-30-22(32(3)25(19)33)12-16-4-6-17(27)7-5-16/h4-11,13-14H,12,15H2,1-3H3,(H,28,31). The summed E-state index contributed by atoms with van der Waals surface area (Å²) >= 11 is 1.71. The second-order valence-electron chi connectivity index (χ2n) is 9.02. The lowest BCUT2D eigenvalue weighted by Crippen LogP contribution is -2.36. The molecule has 178 valence electrons. The van der Waals surface area contributed by atoms with Gasteiger partial charge in [-0.05, 0) is 43.7 Å². The molecule has 1 aromatic carbocycles. The summed E-state index contributed by atoms with van der Waals surface area (Å²) in [5.41, 5.74) is 1.53. The van der Waals surface area contributed by atoms with E-state index in [0.29, 0.717) is 35.0 Å². The number of anilines is 1. The molecule has 3 aromatic heterocycles. The van der Waals surface area contributed by atoms with Crippen LogP contribution in [0.15, 0.2) is 70.7 Å². The average molecular weight is 490 g/mol. The van der Waals surface area contributed by atoms with Gasteiger partial charge < -0.3 is 10.1 Å². The Morgan fingerprint density at radius 3 is 2.63 bits per heavy atom. The van der Waals surface area contributed by atoms with Crippen LogP contribution in [0.25, 0.3) is 11.3 Å². The second-order valence-corrected chi connectivity index (χ2v) is 10.0. The molecule has 0 bridgehead atoms. The molecular formula is C26H24FN5O2S. The van der Waals surface area contributed by atoms with Crippen LogP contribution in [-0.2, 0) is 13.5 Å². The molecule has 0 aliphatic carbocycles. The number of nitrogens with zero attached hydrogens (tertiary/aromatic N) is 4. The Morgan fingerprint density at radius 2 is 1.89 bits per heavy atom. The van der Waals surface area contributed by atoms with E-state index in [9.17, 15) is 9.18 Å². The smallest absolute Gasteiger partial charge is 0.262 e. The Balaban J connectivity index is 1.35. The van der Waals surface area contributed by atoms with Gasteiger partial charge in [0.25, 0.3) is 5.56 Å². The molecule has 1 aliphatic heterocycles. The van der Waals surface area contributed by atoms with Crippen molar-refractivity contribution in [2.75, 3.05) is 11.1 Å². The Labute approximate surface area is 206 Å². The third-order valence-electron chi connectivity index (χ3n) is 5.68. The van der Waals surface area contributed by atoms with E-state index in [-0.39, 0.29) is 16.9 Å². The van der Waals surface area contributed by atoms with E-state index in [4.69, 9.17) is 4.74 Å². The number of rotatable bonds is 5. The lowest BCUT2D eigenvalue weighted by atomic mass is 10.1. The maximum atomic E-state index is 13.2. The van der Waals surface area contributed by atoms with Crippen LogP contribution < -0.4 is 15.6 Å². The van der Waals surface area contributed by atoms with Crippen molar-refractivity contribution in [1.82, 2.24) is 19.5 Å². The molecule has 35 heavy (non-hydrogen) atoms. The van der Waals surface area contributed by atoms with E-state index in [1.165, 1.54) is 22.9 Å². The van der Waals surface area contributed by atoms with Crippen molar-refractivity contribution in [1.29, 1.82) is 0 Å². The highest BCUT2D eigenvalue weighted by Gasteiger charge is 2.28. The molecular weight excluding hydrogens is 465 g/mol. The van der Waals surface area contributed by atoms with Crippen LogP contribution in [0, 0.1) is 5.82 Å². The van der Waals surface area contributed by atoms with Gasteiger partial charge in [0.05, 0.1) is 22.3 Å². The van der Waals surface area contributed by atoms with Crippen molar-refractivity contribution in [2.24, 2.45) is 7.05 Å². The van der Waals surface area contributed by atoms with Gasteiger partial charge in [0.15, 0.2) is 0 Å². The average Bonchev–Trinajstić information content (AvgIpc) is 2.83. The van der Waals surface area contributed by atoms with E-state index in [2.05, 4.69) is 34.1 Å².